The van der Waals surface area contributed by atoms with Crippen molar-refractivity contribution in [3.63, 3.8) is 0 Å². The van der Waals surface area contributed by atoms with Crippen molar-refractivity contribution in [3.8, 4) is 0 Å². The first-order valence-corrected chi connectivity index (χ1v) is 9.23. The summed E-state index contributed by atoms with van der Waals surface area (Å²) in [6.45, 7) is 2.25. The number of hydrogen-bond acceptors (Lipinski definition) is 4. The quantitative estimate of drug-likeness (QED) is 0.874. The van der Waals surface area contributed by atoms with Gasteiger partial charge in [-0.05, 0) is 36.5 Å². The molecule has 4 nitrogen and oxygen atoms in total. The van der Waals surface area contributed by atoms with E-state index in [2.05, 4.69) is 12.2 Å². The van der Waals surface area contributed by atoms with Crippen LogP contribution in [-0.2, 0) is 4.79 Å². The van der Waals surface area contributed by atoms with Crippen molar-refractivity contribution in [1.29, 1.82) is 0 Å². The van der Waals surface area contributed by atoms with Gasteiger partial charge in [0.2, 0.25) is 5.91 Å². The van der Waals surface area contributed by atoms with E-state index in [-0.39, 0.29) is 18.4 Å². The largest absolute Gasteiger partial charge is 0.342 e. The molecule has 1 heterocycles. The third-order valence-electron chi connectivity index (χ3n) is 3.85. The molecule has 0 spiro atoms. The average molecular weight is 326 g/mol. The van der Waals surface area contributed by atoms with E-state index in [1.54, 1.807) is 6.07 Å². The molecule has 1 saturated carbocycles. The summed E-state index contributed by atoms with van der Waals surface area (Å²) in [5.74, 6) is 0.955. The molecule has 0 unspecified atom stereocenters. The fourth-order valence-electron chi connectivity index (χ4n) is 2.64. The lowest BCUT2D eigenvalue weighted by Crippen LogP contribution is -2.42. The number of carbonyl (C=O) groups excluding carboxylic acids is 2. The molecule has 0 aliphatic heterocycles. The van der Waals surface area contributed by atoms with Crippen LogP contribution in [0.1, 0.15) is 35.9 Å². The van der Waals surface area contributed by atoms with Crippen molar-refractivity contribution in [1.82, 2.24) is 10.2 Å². The highest BCUT2D eigenvalue weighted by atomic mass is 32.2. The van der Waals surface area contributed by atoms with Crippen molar-refractivity contribution >= 4 is 34.9 Å². The summed E-state index contributed by atoms with van der Waals surface area (Å²) >= 11 is 3.36. The van der Waals surface area contributed by atoms with Crippen LogP contribution in [0.25, 0.3) is 0 Å². The minimum Gasteiger partial charge on any atom is -0.342 e. The molecule has 1 aliphatic rings. The van der Waals surface area contributed by atoms with Crippen LogP contribution in [0, 0.1) is 0 Å². The Balaban J connectivity index is 1.77. The Morgan fingerprint density at radius 1 is 1.48 bits per heavy atom. The Morgan fingerprint density at radius 3 is 2.95 bits per heavy atom. The highest BCUT2D eigenvalue weighted by Gasteiger charge is 2.29. The second-order valence-corrected chi connectivity index (χ2v) is 7.73. The number of rotatable bonds is 6. The van der Waals surface area contributed by atoms with Gasteiger partial charge in [0, 0.05) is 18.3 Å². The standard InChI is InChI=1S/C15H22N2O2S2/c1-3-20-12-7-6-11(9-12)17(2)14(18)10-16-15(19)13-5-4-8-21-13/h4-5,8,11-12H,3,6-7,9-10H2,1-2H3,(H,16,19)/t11-,12+/m0/s1. The molecule has 1 fully saturated rings. The zero-order valence-electron chi connectivity index (χ0n) is 12.5. The molecule has 1 aromatic rings. The molecular formula is C15H22N2O2S2. The Labute approximate surface area is 134 Å². The zero-order chi connectivity index (χ0) is 15.2. The fraction of sp³-hybridized carbons (Fsp3) is 0.600. The van der Waals surface area contributed by atoms with E-state index in [4.69, 9.17) is 0 Å². The lowest BCUT2D eigenvalue weighted by Gasteiger charge is -2.24. The summed E-state index contributed by atoms with van der Waals surface area (Å²) < 4.78 is 0. The lowest BCUT2D eigenvalue weighted by molar-refractivity contribution is -0.130. The number of amides is 2. The topological polar surface area (TPSA) is 49.4 Å². The van der Waals surface area contributed by atoms with Crippen LogP contribution in [0.5, 0.6) is 0 Å². The van der Waals surface area contributed by atoms with Gasteiger partial charge >= 0.3 is 0 Å². The maximum absolute atomic E-state index is 12.2. The van der Waals surface area contributed by atoms with Crippen molar-refractivity contribution < 1.29 is 9.59 Å². The van der Waals surface area contributed by atoms with Gasteiger partial charge in [-0.3, -0.25) is 9.59 Å². The second-order valence-electron chi connectivity index (χ2n) is 5.21. The number of likely N-dealkylation sites (N-methyl/N-ethyl adjacent to an activating group) is 1. The van der Waals surface area contributed by atoms with Crippen LogP contribution in [0.4, 0.5) is 0 Å². The maximum Gasteiger partial charge on any atom is 0.261 e. The van der Waals surface area contributed by atoms with Gasteiger partial charge in [0.25, 0.3) is 5.91 Å². The Morgan fingerprint density at radius 2 is 2.29 bits per heavy atom. The molecular weight excluding hydrogens is 304 g/mol. The average Bonchev–Trinajstić information content (AvgIpc) is 3.15. The highest BCUT2D eigenvalue weighted by Crippen LogP contribution is 2.32. The van der Waals surface area contributed by atoms with Crippen molar-refractivity contribution in [2.24, 2.45) is 0 Å². The predicted molar refractivity (Wildman–Crippen MR) is 89.0 cm³/mol. The maximum atomic E-state index is 12.2. The van der Waals surface area contributed by atoms with Gasteiger partial charge in [-0.1, -0.05) is 13.0 Å². The zero-order valence-corrected chi connectivity index (χ0v) is 14.1. The van der Waals surface area contributed by atoms with Crippen LogP contribution >= 0.6 is 23.1 Å². The second kappa shape index (κ2) is 7.84. The van der Waals surface area contributed by atoms with E-state index < -0.39 is 0 Å². The molecule has 0 bridgehead atoms. The van der Waals surface area contributed by atoms with Gasteiger partial charge in [-0.2, -0.15) is 11.8 Å². The van der Waals surface area contributed by atoms with Crippen LogP contribution < -0.4 is 5.32 Å². The van der Waals surface area contributed by atoms with Gasteiger partial charge in [0.05, 0.1) is 11.4 Å². The third-order valence-corrected chi connectivity index (χ3v) is 5.95. The molecule has 2 amide bonds. The van der Waals surface area contributed by atoms with E-state index in [1.807, 2.05) is 35.2 Å². The third kappa shape index (κ3) is 4.48. The van der Waals surface area contributed by atoms with Gasteiger partial charge in [-0.15, -0.1) is 11.3 Å². The molecule has 21 heavy (non-hydrogen) atoms. The van der Waals surface area contributed by atoms with E-state index in [1.165, 1.54) is 17.8 Å². The molecule has 1 aliphatic carbocycles. The summed E-state index contributed by atoms with van der Waals surface area (Å²) in [7, 11) is 1.85. The van der Waals surface area contributed by atoms with E-state index in [0.717, 1.165) is 18.6 Å². The van der Waals surface area contributed by atoms with Gasteiger partial charge in [-0.25, -0.2) is 0 Å². The molecule has 2 atom stereocenters. The summed E-state index contributed by atoms with van der Waals surface area (Å²) in [6, 6.07) is 3.91. The summed E-state index contributed by atoms with van der Waals surface area (Å²) in [5, 5.41) is 5.23. The van der Waals surface area contributed by atoms with Gasteiger partial charge in [0.1, 0.15) is 0 Å². The predicted octanol–water partition coefficient (Wildman–Crippen LogP) is 2.61. The normalized spacial score (nSPS) is 21.2. The molecule has 0 saturated heterocycles. The number of thioether (sulfide) groups is 1. The van der Waals surface area contributed by atoms with Crippen molar-refractivity contribution in [3.05, 3.63) is 22.4 Å². The van der Waals surface area contributed by atoms with Crippen LogP contribution in [-0.4, -0.2) is 47.4 Å². The summed E-state index contributed by atoms with van der Waals surface area (Å²) in [6.07, 6.45) is 3.32. The Hall–Kier alpha value is -1.01. The van der Waals surface area contributed by atoms with Crippen molar-refractivity contribution in [2.75, 3.05) is 19.3 Å². The molecule has 0 radical (unpaired) electrons. The first kappa shape index (κ1) is 16.4. The smallest absolute Gasteiger partial charge is 0.261 e. The molecule has 1 N–H and O–H groups in total. The number of hydrogen-bond donors (Lipinski definition) is 1. The van der Waals surface area contributed by atoms with Crippen LogP contribution in [0.3, 0.4) is 0 Å². The van der Waals surface area contributed by atoms with Gasteiger partial charge < -0.3 is 10.2 Å². The molecule has 6 heteroatoms. The first-order valence-electron chi connectivity index (χ1n) is 7.30. The number of nitrogens with zero attached hydrogens (tertiary/aromatic N) is 1. The van der Waals surface area contributed by atoms with E-state index >= 15 is 0 Å². The molecule has 1 aromatic heterocycles. The summed E-state index contributed by atoms with van der Waals surface area (Å²) in [4.78, 5) is 26.4. The molecule has 0 aromatic carbocycles. The van der Waals surface area contributed by atoms with E-state index in [0.29, 0.717) is 16.2 Å². The molecule has 116 valence electrons. The SMILES string of the molecule is CCS[C@@H]1CC[C@H](N(C)C(=O)CNC(=O)c2cccs2)C1. The van der Waals surface area contributed by atoms with Gasteiger partial charge in [0.15, 0.2) is 0 Å². The van der Waals surface area contributed by atoms with Crippen molar-refractivity contribution in [2.45, 2.75) is 37.5 Å². The lowest BCUT2D eigenvalue weighted by atomic mass is 10.2. The fourth-order valence-corrected chi connectivity index (χ4v) is 4.41. The number of carbonyl (C=O) groups is 2. The minimum atomic E-state index is -0.169. The number of nitrogens with one attached hydrogen (secondary N) is 1. The Kier molecular flexibility index (Phi) is 6.11. The van der Waals surface area contributed by atoms with E-state index in [9.17, 15) is 9.59 Å². The summed E-state index contributed by atoms with van der Waals surface area (Å²) in [5.41, 5.74) is 0. The highest BCUT2D eigenvalue weighted by molar-refractivity contribution is 7.99. The first-order chi connectivity index (χ1) is 10.1. The molecule has 2 rings (SSSR count). The Bertz CT molecular complexity index is 476. The van der Waals surface area contributed by atoms with Crippen LogP contribution in [0.15, 0.2) is 17.5 Å². The monoisotopic (exact) mass is 326 g/mol. The number of thiophene rings is 1. The minimum absolute atomic E-state index is 0.00736. The van der Waals surface area contributed by atoms with Crippen LogP contribution in [0.2, 0.25) is 0 Å².